The van der Waals surface area contributed by atoms with Crippen molar-refractivity contribution in [2.45, 2.75) is 76.0 Å². The minimum atomic E-state index is -4.57. The third kappa shape index (κ3) is 9.40. The molecule has 0 bridgehead atoms. The monoisotopic (exact) mass is 442 g/mol. The zero-order chi connectivity index (χ0) is 21.1. The van der Waals surface area contributed by atoms with Gasteiger partial charge in [-0.15, -0.1) is 0 Å². The summed E-state index contributed by atoms with van der Waals surface area (Å²) < 4.78 is 38.7. The van der Waals surface area contributed by atoms with Crippen molar-refractivity contribution in [2.75, 3.05) is 0 Å². The third-order valence-electron chi connectivity index (χ3n) is 4.89. The van der Waals surface area contributed by atoms with Gasteiger partial charge in [0.25, 0.3) is 10.1 Å². The molecule has 0 aliphatic rings. The van der Waals surface area contributed by atoms with Crippen LogP contribution in [0.5, 0.6) is 17.2 Å². The van der Waals surface area contributed by atoms with Crippen molar-refractivity contribution in [2.24, 2.45) is 0 Å². The Morgan fingerprint density at radius 1 is 0.900 bits per heavy atom. The number of hydrogen-bond acceptors (Lipinski definition) is 4. The molecule has 0 amide bonds. The van der Waals surface area contributed by atoms with E-state index in [9.17, 15) is 18.1 Å². The topological polar surface area (TPSA) is 86.7 Å². The van der Waals surface area contributed by atoms with Gasteiger partial charge in [-0.3, -0.25) is 4.55 Å². The second-order valence-corrected chi connectivity index (χ2v) is 8.78. The summed E-state index contributed by atoms with van der Waals surface area (Å²) >= 11 is 0. The average Bonchev–Trinajstić information content (AvgIpc) is 2.68. The van der Waals surface area contributed by atoms with Crippen LogP contribution >= 0.6 is 0 Å². The van der Waals surface area contributed by atoms with Gasteiger partial charge >= 0.3 is 29.6 Å². The number of aryl methyl sites for hydroxylation is 1. The van der Waals surface area contributed by atoms with E-state index < -0.39 is 20.8 Å². The van der Waals surface area contributed by atoms with Gasteiger partial charge in [0, 0.05) is 0 Å². The zero-order valence-corrected chi connectivity index (χ0v) is 20.9. The number of unbranched alkanes of at least 4 members (excludes halogenated alkanes) is 8. The first-order valence-electron chi connectivity index (χ1n) is 10.5. The predicted octanol–water partition coefficient (Wildman–Crippen LogP) is 2.88. The molecule has 7 heteroatoms. The average molecular weight is 443 g/mol. The van der Waals surface area contributed by atoms with E-state index >= 15 is 0 Å². The molecule has 0 aliphatic heterocycles. The van der Waals surface area contributed by atoms with E-state index in [2.05, 4.69) is 6.92 Å². The largest absolute Gasteiger partial charge is 1.00 e. The van der Waals surface area contributed by atoms with Gasteiger partial charge in [-0.25, -0.2) is 0 Å². The second kappa shape index (κ2) is 14.1. The molecule has 0 fully saturated rings. The SMILES string of the molecule is CCCCCCCCCCCc1cc([O-])c(Oc2ccccc2)c(S(=O)(=O)O)c1.[Na+]. The summed E-state index contributed by atoms with van der Waals surface area (Å²) in [4.78, 5) is -0.472. The Hall–Kier alpha value is -1.05. The number of para-hydroxylation sites is 1. The molecule has 0 saturated carbocycles. The van der Waals surface area contributed by atoms with E-state index in [-0.39, 0.29) is 35.3 Å². The molecular weight excluding hydrogens is 411 g/mol. The summed E-state index contributed by atoms with van der Waals surface area (Å²) in [7, 11) is -4.57. The molecule has 160 valence electrons. The summed E-state index contributed by atoms with van der Waals surface area (Å²) in [5.41, 5.74) is 0.603. The van der Waals surface area contributed by atoms with Crippen LogP contribution in [0.1, 0.15) is 70.3 Å². The maximum atomic E-state index is 12.5. The first kappa shape index (κ1) is 27.0. The Morgan fingerprint density at radius 3 is 2.03 bits per heavy atom. The van der Waals surface area contributed by atoms with E-state index in [0.29, 0.717) is 17.7 Å². The predicted molar refractivity (Wildman–Crippen MR) is 113 cm³/mol. The minimum Gasteiger partial charge on any atom is -0.870 e. The molecule has 0 radical (unpaired) electrons. The maximum Gasteiger partial charge on any atom is 1.00 e. The van der Waals surface area contributed by atoms with Crippen LogP contribution in [0.25, 0.3) is 0 Å². The van der Waals surface area contributed by atoms with Crippen LogP contribution in [0.2, 0.25) is 0 Å². The summed E-state index contributed by atoms with van der Waals surface area (Å²) in [6, 6.07) is 11.2. The van der Waals surface area contributed by atoms with Crippen molar-refractivity contribution >= 4 is 10.1 Å². The van der Waals surface area contributed by atoms with E-state index in [0.717, 1.165) is 19.3 Å². The third-order valence-corrected chi connectivity index (χ3v) is 5.75. The Bertz CT molecular complexity index is 853. The van der Waals surface area contributed by atoms with E-state index in [4.69, 9.17) is 4.74 Å². The quantitative estimate of drug-likeness (QED) is 0.293. The zero-order valence-electron chi connectivity index (χ0n) is 18.1. The molecule has 0 saturated heterocycles. The molecule has 30 heavy (non-hydrogen) atoms. The number of benzene rings is 2. The van der Waals surface area contributed by atoms with E-state index in [1.165, 1.54) is 50.7 Å². The fourth-order valence-corrected chi connectivity index (χ4v) is 3.99. The maximum absolute atomic E-state index is 12.5. The number of rotatable bonds is 13. The van der Waals surface area contributed by atoms with Crippen LogP contribution < -0.4 is 39.4 Å². The van der Waals surface area contributed by atoms with Crippen LogP contribution in [0.3, 0.4) is 0 Å². The van der Waals surface area contributed by atoms with Crippen molar-refractivity contribution in [3.8, 4) is 17.2 Å². The van der Waals surface area contributed by atoms with Gasteiger partial charge in [0.05, 0.1) is 0 Å². The molecule has 5 nitrogen and oxygen atoms in total. The standard InChI is InChI=1S/C23H32O5S.Na/c1-2-3-4-5-6-7-8-9-11-14-19-17-21(24)23(22(18-19)29(25,26)27)28-20-15-12-10-13-16-20;/h10,12-13,15-18,24H,2-9,11,14H2,1H3,(H,25,26,27);/q;+1/p-1. The van der Waals surface area contributed by atoms with Gasteiger partial charge in [0.2, 0.25) is 0 Å². The first-order valence-corrected chi connectivity index (χ1v) is 11.9. The normalized spacial score (nSPS) is 11.1. The Morgan fingerprint density at radius 2 is 1.47 bits per heavy atom. The summed E-state index contributed by atoms with van der Waals surface area (Å²) in [6.07, 6.45) is 11.2. The van der Waals surface area contributed by atoms with Gasteiger partial charge in [-0.05, 0) is 36.6 Å². The molecule has 0 aliphatic carbocycles. The van der Waals surface area contributed by atoms with Crippen LogP contribution in [-0.4, -0.2) is 13.0 Å². The van der Waals surface area contributed by atoms with Crippen molar-refractivity contribution < 1.29 is 52.4 Å². The van der Waals surface area contributed by atoms with Crippen LogP contribution in [0, 0.1) is 0 Å². The Labute approximate surface area is 202 Å². The number of hydrogen-bond donors (Lipinski definition) is 1. The fraction of sp³-hybridized carbons (Fsp3) is 0.478. The van der Waals surface area contributed by atoms with Crippen LogP contribution in [0.15, 0.2) is 47.4 Å². The Kier molecular flexibility index (Phi) is 12.7. The molecule has 1 N–H and O–H groups in total. The molecule has 0 atom stereocenters. The molecule has 2 aromatic carbocycles. The molecule has 2 rings (SSSR count). The van der Waals surface area contributed by atoms with Crippen LogP contribution in [-0.2, 0) is 16.5 Å². The summed E-state index contributed by atoms with van der Waals surface area (Å²) in [6.45, 7) is 2.21. The van der Waals surface area contributed by atoms with Gasteiger partial charge in [-0.1, -0.05) is 88.3 Å². The first-order chi connectivity index (χ1) is 13.9. The smallest absolute Gasteiger partial charge is 0.870 e. The summed E-state index contributed by atoms with van der Waals surface area (Å²) in [5.74, 6) is -0.578. The molecule has 0 aromatic heterocycles. The van der Waals surface area contributed by atoms with Crippen LogP contribution in [0.4, 0.5) is 0 Å². The summed E-state index contributed by atoms with van der Waals surface area (Å²) in [5, 5.41) is 12.5. The van der Waals surface area contributed by atoms with Crippen molar-refractivity contribution in [1.82, 2.24) is 0 Å². The number of ether oxygens (including phenoxy) is 1. The molecule has 2 aromatic rings. The van der Waals surface area contributed by atoms with Crippen molar-refractivity contribution in [1.29, 1.82) is 0 Å². The molecule has 0 unspecified atom stereocenters. The van der Waals surface area contributed by atoms with Crippen molar-refractivity contribution in [3.63, 3.8) is 0 Å². The van der Waals surface area contributed by atoms with Crippen molar-refractivity contribution in [3.05, 3.63) is 48.0 Å². The van der Waals surface area contributed by atoms with E-state index in [1.807, 2.05) is 0 Å². The van der Waals surface area contributed by atoms with Gasteiger partial charge < -0.3 is 9.84 Å². The molecule has 0 heterocycles. The van der Waals surface area contributed by atoms with E-state index in [1.54, 1.807) is 30.3 Å². The molecule has 0 spiro atoms. The van der Waals surface area contributed by atoms with Gasteiger partial charge in [0.15, 0.2) is 0 Å². The fourth-order valence-electron chi connectivity index (χ4n) is 3.31. The van der Waals surface area contributed by atoms with Gasteiger partial charge in [0.1, 0.15) is 16.4 Å². The molecular formula is C23H31NaO5S. The second-order valence-electron chi connectivity index (χ2n) is 7.39. The Balaban J connectivity index is 0.00000450. The van der Waals surface area contributed by atoms with Gasteiger partial charge in [-0.2, -0.15) is 8.42 Å². The minimum absolute atomic E-state index is 0.